The second kappa shape index (κ2) is 3.80. The number of hydrogen-bond donors (Lipinski definition) is 1. The van der Waals surface area contributed by atoms with Gasteiger partial charge in [0.05, 0.1) is 23.6 Å². The summed E-state index contributed by atoms with van der Waals surface area (Å²) in [5.41, 5.74) is -0.541. The van der Waals surface area contributed by atoms with E-state index in [0.717, 1.165) is 17.5 Å². The number of nitro groups is 1. The number of rotatable bonds is 3. The number of anilines is 1. The lowest BCUT2D eigenvalue weighted by Gasteiger charge is -2.35. The van der Waals surface area contributed by atoms with Crippen LogP contribution in [0.1, 0.15) is 6.92 Å². The predicted octanol–water partition coefficient (Wildman–Crippen LogP) is 1.03. The van der Waals surface area contributed by atoms with Crippen LogP contribution in [-0.2, 0) is 9.53 Å². The van der Waals surface area contributed by atoms with Crippen molar-refractivity contribution in [1.82, 2.24) is 4.98 Å². The Morgan fingerprint density at radius 1 is 1.75 bits per heavy atom. The van der Waals surface area contributed by atoms with Gasteiger partial charge in [0, 0.05) is 0 Å². The lowest BCUT2D eigenvalue weighted by atomic mass is 9.88. The Hall–Kier alpha value is -1.54. The van der Waals surface area contributed by atoms with Crippen molar-refractivity contribution < 1.29 is 14.5 Å². The molecule has 0 aliphatic carbocycles. The quantitative estimate of drug-likeness (QED) is 0.632. The van der Waals surface area contributed by atoms with E-state index in [2.05, 4.69) is 10.3 Å². The maximum absolute atomic E-state index is 11.7. The summed E-state index contributed by atoms with van der Waals surface area (Å²) >= 11 is 0.837. The van der Waals surface area contributed by atoms with Crippen LogP contribution in [0.4, 0.5) is 10.1 Å². The van der Waals surface area contributed by atoms with Gasteiger partial charge in [0.1, 0.15) is 6.20 Å². The fourth-order valence-electron chi connectivity index (χ4n) is 1.20. The van der Waals surface area contributed by atoms with E-state index in [1.807, 2.05) is 0 Å². The van der Waals surface area contributed by atoms with Gasteiger partial charge in [-0.15, -0.1) is 0 Å². The monoisotopic (exact) mass is 243 g/mol. The summed E-state index contributed by atoms with van der Waals surface area (Å²) < 4.78 is 4.95. The number of nitrogens with one attached hydrogen (secondary N) is 1. The fourth-order valence-corrected chi connectivity index (χ4v) is 1.82. The van der Waals surface area contributed by atoms with Crippen LogP contribution in [-0.4, -0.2) is 29.0 Å². The highest BCUT2D eigenvalue weighted by Crippen LogP contribution is 2.30. The average molecular weight is 243 g/mol. The first kappa shape index (κ1) is 11.0. The summed E-state index contributed by atoms with van der Waals surface area (Å²) in [5.74, 6) is -0.219. The standard InChI is InChI=1S/C8H9N3O4S/c1-8(3-15-4-8)6(12)10-7-9-2-5(16-7)11(13)14/h2H,3-4H2,1H3,(H,9,10,12). The summed E-state index contributed by atoms with van der Waals surface area (Å²) in [5, 5.41) is 13.1. The molecule has 8 heteroatoms. The Balaban J connectivity index is 2.03. The molecular weight excluding hydrogens is 234 g/mol. The van der Waals surface area contributed by atoms with Crippen LogP contribution in [0.25, 0.3) is 0 Å². The molecule has 0 radical (unpaired) electrons. The number of thiazole rings is 1. The maximum Gasteiger partial charge on any atom is 0.345 e. The van der Waals surface area contributed by atoms with Crippen molar-refractivity contribution in [1.29, 1.82) is 0 Å². The van der Waals surface area contributed by atoms with Crippen LogP contribution >= 0.6 is 11.3 Å². The van der Waals surface area contributed by atoms with Gasteiger partial charge in [-0.05, 0) is 18.3 Å². The lowest BCUT2D eigenvalue weighted by molar-refractivity contribution is -0.380. The van der Waals surface area contributed by atoms with E-state index in [4.69, 9.17) is 4.74 Å². The molecule has 2 heterocycles. The second-order valence-corrected chi connectivity index (χ2v) is 4.78. The molecule has 0 saturated carbocycles. The van der Waals surface area contributed by atoms with Gasteiger partial charge in [-0.1, -0.05) is 0 Å². The van der Waals surface area contributed by atoms with Crippen molar-refractivity contribution in [2.24, 2.45) is 5.41 Å². The first-order chi connectivity index (χ1) is 7.51. The lowest BCUT2D eigenvalue weighted by Crippen LogP contribution is -2.49. The molecule has 1 aliphatic rings. The topological polar surface area (TPSA) is 94.4 Å². The van der Waals surface area contributed by atoms with Crippen LogP contribution in [0.5, 0.6) is 0 Å². The summed E-state index contributed by atoms with van der Waals surface area (Å²) in [6.07, 6.45) is 1.12. The van der Waals surface area contributed by atoms with Gasteiger partial charge in [-0.25, -0.2) is 4.98 Å². The minimum Gasteiger partial charge on any atom is -0.379 e. The number of aromatic nitrogens is 1. The molecule has 2 rings (SSSR count). The Kier molecular flexibility index (Phi) is 2.60. The Labute approximate surface area is 94.6 Å². The molecular formula is C8H9N3O4S. The van der Waals surface area contributed by atoms with Gasteiger partial charge in [0.2, 0.25) is 5.91 Å². The van der Waals surface area contributed by atoms with Gasteiger partial charge in [-0.3, -0.25) is 14.9 Å². The second-order valence-electron chi connectivity index (χ2n) is 3.77. The van der Waals surface area contributed by atoms with Crippen molar-refractivity contribution in [3.05, 3.63) is 16.3 Å². The average Bonchev–Trinajstić information content (AvgIpc) is 2.62. The molecule has 0 bridgehead atoms. The summed E-state index contributed by atoms with van der Waals surface area (Å²) in [4.78, 5) is 25.3. The molecule has 0 aromatic carbocycles. The van der Waals surface area contributed by atoms with E-state index in [1.54, 1.807) is 6.92 Å². The molecule has 1 saturated heterocycles. The summed E-state index contributed by atoms with van der Waals surface area (Å²) in [6.45, 7) is 2.51. The minimum atomic E-state index is -0.541. The zero-order valence-electron chi connectivity index (χ0n) is 8.43. The number of carbonyl (C=O) groups is 1. The zero-order valence-corrected chi connectivity index (χ0v) is 9.24. The molecule has 1 aromatic heterocycles. The third-order valence-electron chi connectivity index (χ3n) is 2.28. The molecule has 0 spiro atoms. The molecule has 0 unspecified atom stereocenters. The Morgan fingerprint density at radius 2 is 2.44 bits per heavy atom. The van der Waals surface area contributed by atoms with Crippen LogP contribution in [0.3, 0.4) is 0 Å². The van der Waals surface area contributed by atoms with Gasteiger partial charge in [0.25, 0.3) is 0 Å². The molecule has 0 atom stereocenters. The predicted molar refractivity (Wildman–Crippen MR) is 56.3 cm³/mol. The van der Waals surface area contributed by atoms with Gasteiger partial charge < -0.3 is 10.1 Å². The summed E-state index contributed by atoms with van der Waals surface area (Å²) in [6, 6.07) is 0. The third-order valence-corrected chi connectivity index (χ3v) is 3.15. The molecule has 16 heavy (non-hydrogen) atoms. The van der Waals surface area contributed by atoms with E-state index >= 15 is 0 Å². The highest BCUT2D eigenvalue weighted by molar-refractivity contribution is 7.18. The van der Waals surface area contributed by atoms with E-state index < -0.39 is 10.3 Å². The van der Waals surface area contributed by atoms with E-state index in [1.165, 1.54) is 0 Å². The molecule has 1 fully saturated rings. The first-order valence-electron chi connectivity index (χ1n) is 4.51. The van der Waals surface area contributed by atoms with Crippen molar-refractivity contribution in [3.63, 3.8) is 0 Å². The number of carbonyl (C=O) groups excluding carboxylic acids is 1. The first-order valence-corrected chi connectivity index (χ1v) is 5.32. The number of nitrogens with zero attached hydrogens (tertiary/aromatic N) is 2. The van der Waals surface area contributed by atoms with Gasteiger partial charge in [0.15, 0.2) is 5.13 Å². The van der Waals surface area contributed by atoms with Gasteiger partial charge in [-0.2, -0.15) is 0 Å². The van der Waals surface area contributed by atoms with Crippen LogP contribution < -0.4 is 5.32 Å². The van der Waals surface area contributed by atoms with Crippen molar-refractivity contribution in [2.75, 3.05) is 18.5 Å². The highest BCUT2D eigenvalue weighted by atomic mass is 32.1. The largest absolute Gasteiger partial charge is 0.379 e. The van der Waals surface area contributed by atoms with Gasteiger partial charge >= 0.3 is 5.00 Å². The molecule has 7 nitrogen and oxygen atoms in total. The SMILES string of the molecule is CC1(C(=O)Nc2ncc([N+](=O)[O-])s2)COC1. The van der Waals surface area contributed by atoms with Crippen LogP contribution in [0.15, 0.2) is 6.20 Å². The zero-order chi connectivity index (χ0) is 11.8. The molecule has 86 valence electrons. The third kappa shape index (κ3) is 1.89. The normalized spacial score (nSPS) is 17.6. The summed E-state index contributed by atoms with van der Waals surface area (Å²) in [7, 11) is 0. The fraction of sp³-hybridized carbons (Fsp3) is 0.500. The number of hydrogen-bond acceptors (Lipinski definition) is 6. The van der Waals surface area contributed by atoms with Crippen molar-refractivity contribution in [3.8, 4) is 0 Å². The molecule has 1 aliphatic heterocycles. The smallest absolute Gasteiger partial charge is 0.345 e. The minimum absolute atomic E-state index is 0.0923. The van der Waals surface area contributed by atoms with E-state index in [0.29, 0.717) is 13.2 Å². The number of ether oxygens (including phenoxy) is 1. The van der Waals surface area contributed by atoms with Crippen molar-refractivity contribution in [2.45, 2.75) is 6.92 Å². The van der Waals surface area contributed by atoms with Crippen molar-refractivity contribution >= 4 is 27.4 Å². The maximum atomic E-state index is 11.7. The number of amides is 1. The highest BCUT2D eigenvalue weighted by Gasteiger charge is 2.41. The van der Waals surface area contributed by atoms with E-state index in [-0.39, 0.29) is 16.0 Å². The van der Waals surface area contributed by atoms with Crippen LogP contribution in [0, 0.1) is 15.5 Å². The molecule has 1 N–H and O–H groups in total. The van der Waals surface area contributed by atoms with Crippen LogP contribution in [0.2, 0.25) is 0 Å². The Bertz CT molecular complexity index is 440. The molecule has 1 aromatic rings. The van der Waals surface area contributed by atoms with E-state index in [9.17, 15) is 14.9 Å². The Morgan fingerprint density at radius 3 is 2.88 bits per heavy atom. The molecule has 1 amide bonds.